The van der Waals surface area contributed by atoms with Crippen LogP contribution in [0.5, 0.6) is 0 Å². The first kappa shape index (κ1) is 11.2. The number of rotatable bonds is 4. The number of hydrogen-bond donors (Lipinski definition) is 0. The second-order valence-electron chi connectivity index (χ2n) is 3.17. The summed E-state index contributed by atoms with van der Waals surface area (Å²) in [5.41, 5.74) is 0.706. The van der Waals surface area contributed by atoms with Gasteiger partial charge < -0.3 is 4.90 Å². The first-order valence-corrected chi connectivity index (χ1v) is 4.63. The molecule has 1 aromatic rings. The summed E-state index contributed by atoms with van der Waals surface area (Å²) < 4.78 is 0. The first-order chi connectivity index (χ1) is 7.15. The van der Waals surface area contributed by atoms with Crippen LogP contribution in [0.25, 0.3) is 0 Å². The van der Waals surface area contributed by atoms with Crippen LogP contribution in [-0.2, 0) is 9.59 Å². The third kappa shape index (κ3) is 3.06. The molecule has 0 aliphatic carbocycles. The van der Waals surface area contributed by atoms with Gasteiger partial charge in [-0.15, -0.1) is 0 Å². The van der Waals surface area contributed by atoms with E-state index in [2.05, 4.69) is 6.58 Å². The van der Waals surface area contributed by atoms with E-state index < -0.39 is 0 Å². The summed E-state index contributed by atoms with van der Waals surface area (Å²) in [6.07, 6.45) is 1.20. The van der Waals surface area contributed by atoms with E-state index in [-0.39, 0.29) is 18.2 Å². The molecule has 0 N–H and O–H groups in total. The number of anilines is 1. The van der Waals surface area contributed by atoms with Gasteiger partial charge in [-0.05, 0) is 25.1 Å². The van der Waals surface area contributed by atoms with Gasteiger partial charge in [0.05, 0.1) is 6.54 Å². The van der Waals surface area contributed by atoms with E-state index in [1.54, 1.807) is 12.1 Å². The van der Waals surface area contributed by atoms with Crippen molar-refractivity contribution in [1.29, 1.82) is 0 Å². The number of hydrogen-bond acceptors (Lipinski definition) is 2. The number of amides is 1. The molecule has 0 aliphatic heterocycles. The van der Waals surface area contributed by atoms with Crippen LogP contribution in [0, 0.1) is 0 Å². The predicted octanol–water partition coefficient (Wildman–Crippen LogP) is 1.79. The number of para-hydroxylation sites is 1. The molecule has 0 bridgehead atoms. The van der Waals surface area contributed by atoms with E-state index in [1.807, 2.05) is 18.2 Å². The molecule has 1 aromatic carbocycles. The van der Waals surface area contributed by atoms with Gasteiger partial charge in [0.15, 0.2) is 0 Å². The lowest BCUT2D eigenvalue weighted by Crippen LogP contribution is -2.33. The zero-order valence-electron chi connectivity index (χ0n) is 8.64. The number of carbonyl (C=O) groups excluding carboxylic acids is 2. The fraction of sp³-hybridized carbons (Fsp3) is 0.167. The minimum absolute atomic E-state index is 0.0611. The van der Waals surface area contributed by atoms with Crippen LogP contribution >= 0.6 is 0 Å². The fourth-order valence-corrected chi connectivity index (χ4v) is 1.24. The normalized spacial score (nSPS) is 9.40. The highest BCUT2D eigenvalue weighted by Crippen LogP contribution is 2.13. The van der Waals surface area contributed by atoms with Gasteiger partial charge in [0, 0.05) is 5.69 Å². The highest BCUT2D eigenvalue weighted by atomic mass is 16.2. The van der Waals surface area contributed by atoms with Crippen molar-refractivity contribution in [3.63, 3.8) is 0 Å². The maximum atomic E-state index is 11.5. The largest absolute Gasteiger partial charge is 0.301 e. The summed E-state index contributed by atoms with van der Waals surface area (Å²) in [6, 6.07) is 9.06. The van der Waals surface area contributed by atoms with Gasteiger partial charge in [-0.25, -0.2) is 0 Å². The van der Waals surface area contributed by atoms with Crippen molar-refractivity contribution in [2.75, 3.05) is 11.4 Å². The molecule has 0 unspecified atom stereocenters. The summed E-state index contributed by atoms with van der Waals surface area (Å²) in [4.78, 5) is 23.9. The highest BCUT2D eigenvalue weighted by Gasteiger charge is 2.13. The van der Waals surface area contributed by atoms with Gasteiger partial charge in [0.25, 0.3) is 5.91 Å². The molecule has 0 fully saturated rings. The molecular formula is C12H13NO2. The topological polar surface area (TPSA) is 37.4 Å². The van der Waals surface area contributed by atoms with Gasteiger partial charge >= 0.3 is 0 Å². The minimum atomic E-state index is -0.267. The Balaban J connectivity index is 2.96. The monoisotopic (exact) mass is 203 g/mol. The Labute approximate surface area is 89.0 Å². The Morgan fingerprint density at radius 1 is 1.33 bits per heavy atom. The molecule has 3 nitrogen and oxygen atoms in total. The smallest absolute Gasteiger partial charge is 0.250 e. The van der Waals surface area contributed by atoms with Crippen molar-refractivity contribution in [2.24, 2.45) is 0 Å². The molecule has 3 heteroatoms. The Morgan fingerprint density at radius 2 is 1.93 bits per heavy atom. The maximum Gasteiger partial charge on any atom is 0.250 e. The molecule has 1 rings (SSSR count). The summed E-state index contributed by atoms with van der Waals surface area (Å²) >= 11 is 0. The molecule has 0 heterocycles. The Morgan fingerprint density at radius 3 is 2.40 bits per heavy atom. The van der Waals surface area contributed by atoms with Crippen LogP contribution in [-0.4, -0.2) is 18.2 Å². The number of ketones is 1. The number of benzene rings is 1. The Bertz CT molecular complexity index is 370. The van der Waals surface area contributed by atoms with Crippen molar-refractivity contribution in [3.8, 4) is 0 Å². The number of nitrogens with zero attached hydrogens (tertiary/aromatic N) is 1. The lowest BCUT2D eigenvalue weighted by molar-refractivity contribution is -0.119. The zero-order valence-corrected chi connectivity index (χ0v) is 8.64. The van der Waals surface area contributed by atoms with E-state index in [0.29, 0.717) is 5.69 Å². The standard InChI is InChI=1S/C12H13NO2/c1-3-12(15)13(9-10(2)14)11-7-5-4-6-8-11/h3-8H,1,9H2,2H3. The first-order valence-electron chi connectivity index (χ1n) is 4.63. The van der Waals surface area contributed by atoms with Gasteiger partial charge in [-0.2, -0.15) is 0 Å². The van der Waals surface area contributed by atoms with Crippen molar-refractivity contribution in [2.45, 2.75) is 6.92 Å². The summed E-state index contributed by atoms with van der Waals surface area (Å²) in [7, 11) is 0. The Kier molecular flexibility index (Phi) is 3.80. The van der Waals surface area contributed by atoms with Crippen LogP contribution in [0.4, 0.5) is 5.69 Å². The summed E-state index contributed by atoms with van der Waals surface area (Å²) in [6.45, 7) is 4.94. The van der Waals surface area contributed by atoms with Crippen LogP contribution in [0.1, 0.15) is 6.92 Å². The third-order valence-corrected chi connectivity index (χ3v) is 1.89. The van der Waals surface area contributed by atoms with E-state index in [9.17, 15) is 9.59 Å². The van der Waals surface area contributed by atoms with Gasteiger partial charge in [0.1, 0.15) is 5.78 Å². The van der Waals surface area contributed by atoms with E-state index >= 15 is 0 Å². The van der Waals surface area contributed by atoms with Crippen LogP contribution in [0.2, 0.25) is 0 Å². The summed E-state index contributed by atoms with van der Waals surface area (Å²) in [5.74, 6) is -0.328. The lowest BCUT2D eigenvalue weighted by atomic mass is 10.2. The highest BCUT2D eigenvalue weighted by molar-refractivity contribution is 6.04. The number of carbonyl (C=O) groups is 2. The van der Waals surface area contributed by atoms with Crippen molar-refractivity contribution < 1.29 is 9.59 Å². The molecule has 0 atom stereocenters. The van der Waals surface area contributed by atoms with Gasteiger partial charge in [-0.3, -0.25) is 9.59 Å². The van der Waals surface area contributed by atoms with Crippen molar-refractivity contribution in [3.05, 3.63) is 43.0 Å². The Hall–Kier alpha value is -1.90. The average Bonchev–Trinajstić information content (AvgIpc) is 2.26. The second-order valence-corrected chi connectivity index (χ2v) is 3.17. The van der Waals surface area contributed by atoms with Gasteiger partial charge in [-0.1, -0.05) is 24.8 Å². The molecule has 0 saturated carbocycles. The molecule has 1 amide bonds. The quantitative estimate of drug-likeness (QED) is 0.700. The summed E-state index contributed by atoms with van der Waals surface area (Å²) in [5, 5.41) is 0. The molecule has 0 aliphatic rings. The SMILES string of the molecule is C=CC(=O)N(CC(C)=O)c1ccccc1. The second kappa shape index (κ2) is 5.10. The molecule has 0 spiro atoms. The van der Waals surface area contributed by atoms with Crippen LogP contribution < -0.4 is 4.90 Å². The molecule has 0 radical (unpaired) electrons. The fourth-order valence-electron chi connectivity index (χ4n) is 1.24. The van der Waals surface area contributed by atoms with Gasteiger partial charge in [0.2, 0.25) is 0 Å². The van der Waals surface area contributed by atoms with Crippen LogP contribution in [0.15, 0.2) is 43.0 Å². The lowest BCUT2D eigenvalue weighted by Gasteiger charge is -2.19. The van der Waals surface area contributed by atoms with E-state index in [4.69, 9.17) is 0 Å². The molecule has 0 saturated heterocycles. The zero-order chi connectivity index (χ0) is 11.3. The third-order valence-electron chi connectivity index (χ3n) is 1.89. The average molecular weight is 203 g/mol. The molecule has 78 valence electrons. The molecular weight excluding hydrogens is 190 g/mol. The maximum absolute atomic E-state index is 11.5. The molecule has 0 aromatic heterocycles. The van der Waals surface area contributed by atoms with Crippen LogP contribution in [0.3, 0.4) is 0 Å². The van der Waals surface area contributed by atoms with Crippen molar-refractivity contribution >= 4 is 17.4 Å². The van der Waals surface area contributed by atoms with E-state index in [0.717, 1.165) is 0 Å². The predicted molar refractivity (Wildman–Crippen MR) is 59.7 cm³/mol. The minimum Gasteiger partial charge on any atom is -0.301 e. The number of Topliss-reactive ketones (excluding diaryl/α,β-unsaturated/α-hetero) is 1. The van der Waals surface area contributed by atoms with Crippen molar-refractivity contribution in [1.82, 2.24) is 0 Å². The molecule has 15 heavy (non-hydrogen) atoms. The van der Waals surface area contributed by atoms with E-state index in [1.165, 1.54) is 17.9 Å².